The van der Waals surface area contributed by atoms with E-state index in [1.165, 1.54) is 0 Å². The lowest BCUT2D eigenvalue weighted by Crippen LogP contribution is -2.01. The number of hydrogen-bond acceptors (Lipinski definition) is 3. The molecule has 0 amide bonds. The molecule has 0 aliphatic carbocycles. The molecule has 3 heteroatoms. The van der Waals surface area contributed by atoms with Crippen LogP contribution in [0.2, 0.25) is 0 Å². The lowest BCUT2D eigenvalue weighted by molar-refractivity contribution is 0.111. The van der Waals surface area contributed by atoms with E-state index in [0.29, 0.717) is 24.3 Å². The van der Waals surface area contributed by atoms with Gasteiger partial charge in [0.1, 0.15) is 5.75 Å². The molecule has 13 heavy (non-hydrogen) atoms. The second-order valence-electron chi connectivity index (χ2n) is 2.58. The van der Waals surface area contributed by atoms with Crippen LogP contribution in [-0.4, -0.2) is 24.6 Å². The SMILES string of the molecule is O=Cc1ccccc1OCCCO. The van der Waals surface area contributed by atoms with Crippen LogP contribution in [0.3, 0.4) is 0 Å². The molecule has 0 aliphatic rings. The number of hydrogen-bond donors (Lipinski definition) is 1. The van der Waals surface area contributed by atoms with Crippen molar-refractivity contribution in [1.29, 1.82) is 0 Å². The Kier molecular flexibility index (Phi) is 3.99. The van der Waals surface area contributed by atoms with Gasteiger partial charge in [0.2, 0.25) is 0 Å². The summed E-state index contributed by atoms with van der Waals surface area (Å²) in [6.45, 7) is 0.532. The molecular formula is C10H12O3. The Labute approximate surface area is 77.0 Å². The van der Waals surface area contributed by atoms with Gasteiger partial charge in [-0.15, -0.1) is 0 Å². The van der Waals surface area contributed by atoms with Gasteiger partial charge in [-0.3, -0.25) is 4.79 Å². The highest BCUT2D eigenvalue weighted by Crippen LogP contribution is 2.15. The number of benzene rings is 1. The van der Waals surface area contributed by atoms with E-state index in [1.54, 1.807) is 24.3 Å². The van der Waals surface area contributed by atoms with E-state index >= 15 is 0 Å². The number of ether oxygens (including phenoxy) is 1. The molecule has 0 saturated heterocycles. The standard InChI is InChI=1S/C10H12O3/c11-6-3-7-13-10-5-2-1-4-9(10)8-12/h1-2,4-5,8,11H,3,6-7H2. The summed E-state index contributed by atoms with van der Waals surface area (Å²) in [4.78, 5) is 10.5. The first-order valence-electron chi connectivity index (χ1n) is 4.16. The van der Waals surface area contributed by atoms with Gasteiger partial charge in [-0.1, -0.05) is 12.1 Å². The van der Waals surface area contributed by atoms with Crippen molar-refractivity contribution in [1.82, 2.24) is 0 Å². The normalized spacial score (nSPS) is 9.62. The molecule has 0 atom stereocenters. The number of aliphatic hydroxyl groups is 1. The number of rotatable bonds is 5. The molecule has 0 bridgehead atoms. The van der Waals surface area contributed by atoms with Gasteiger partial charge in [0.25, 0.3) is 0 Å². The second-order valence-corrected chi connectivity index (χ2v) is 2.58. The predicted molar refractivity (Wildman–Crippen MR) is 49.0 cm³/mol. The van der Waals surface area contributed by atoms with E-state index in [-0.39, 0.29) is 6.61 Å². The van der Waals surface area contributed by atoms with Crippen LogP contribution in [0.25, 0.3) is 0 Å². The molecule has 1 N–H and O–H groups in total. The van der Waals surface area contributed by atoms with Gasteiger partial charge in [-0.05, 0) is 12.1 Å². The van der Waals surface area contributed by atoms with Crippen molar-refractivity contribution >= 4 is 6.29 Å². The molecule has 0 unspecified atom stereocenters. The maximum atomic E-state index is 10.5. The van der Waals surface area contributed by atoms with Gasteiger partial charge in [0.15, 0.2) is 6.29 Å². The van der Waals surface area contributed by atoms with Crippen molar-refractivity contribution in [3.8, 4) is 5.75 Å². The monoisotopic (exact) mass is 180 g/mol. The minimum atomic E-state index is 0.100. The van der Waals surface area contributed by atoms with E-state index in [1.807, 2.05) is 0 Å². The molecule has 0 heterocycles. The van der Waals surface area contributed by atoms with Gasteiger partial charge in [-0.25, -0.2) is 0 Å². The van der Waals surface area contributed by atoms with Gasteiger partial charge in [0, 0.05) is 13.0 Å². The molecule has 3 nitrogen and oxygen atoms in total. The molecule has 0 spiro atoms. The van der Waals surface area contributed by atoms with E-state index in [2.05, 4.69) is 0 Å². The predicted octanol–water partition coefficient (Wildman–Crippen LogP) is 1.26. The molecule has 70 valence electrons. The molecule has 0 saturated carbocycles. The zero-order chi connectivity index (χ0) is 9.52. The zero-order valence-corrected chi connectivity index (χ0v) is 7.27. The topological polar surface area (TPSA) is 46.5 Å². The highest BCUT2D eigenvalue weighted by atomic mass is 16.5. The van der Waals surface area contributed by atoms with E-state index in [4.69, 9.17) is 9.84 Å². The zero-order valence-electron chi connectivity index (χ0n) is 7.27. The summed E-state index contributed by atoms with van der Waals surface area (Å²) < 4.78 is 5.28. The lowest BCUT2D eigenvalue weighted by atomic mass is 10.2. The van der Waals surface area contributed by atoms with Crippen LogP contribution in [0.1, 0.15) is 16.8 Å². The highest BCUT2D eigenvalue weighted by Gasteiger charge is 1.99. The van der Waals surface area contributed by atoms with Crippen molar-refractivity contribution in [2.45, 2.75) is 6.42 Å². The van der Waals surface area contributed by atoms with Gasteiger partial charge in [0.05, 0.1) is 12.2 Å². The minimum absolute atomic E-state index is 0.100. The first kappa shape index (κ1) is 9.74. The Hall–Kier alpha value is -1.35. The largest absolute Gasteiger partial charge is 0.493 e. The first-order valence-corrected chi connectivity index (χ1v) is 4.16. The molecular weight excluding hydrogens is 168 g/mol. The Morgan fingerprint density at radius 2 is 2.15 bits per heavy atom. The van der Waals surface area contributed by atoms with E-state index in [0.717, 1.165) is 6.29 Å². The van der Waals surface area contributed by atoms with Crippen LogP contribution >= 0.6 is 0 Å². The third-order valence-corrected chi connectivity index (χ3v) is 1.61. The highest BCUT2D eigenvalue weighted by molar-refractivity contribution is 5.79. The second kappa shape index (κ2) is 5.32. The van der Waals surface area contributed by atoms with Crippen LogP contribution in [0, 0.1) is 0 Å². The smallest absolute Gasteiger partial charge is 0.153 e. The van der Waals surface area contributed by atoms with Gasteiger partial charge in [-0.2, -0.15) is 0 Å². The van der Waals surface area contributed by atoms with Gasteiger partial charge >= 0.3 is 0 Å². The minimum Gasteiger partial charge on any atom is -0.493 e. The van der Waals surface area contributed by atoms with E-state index in [9.17, 15) is 4.79 Å². The average Bonchev–Trinajstić information content (AvgIpc) is 2.19. The molecule has 0 aliphatic heterocycles. The fourth-order valence-corrected chi connectivity index (χ4v) is 0.956. The fourth-order valence-electron chi connectivity index (χ4n) is 0.956. The third-order valence-electron chi connectivity index (χ3n) is 1.61. The maximum Gasteiger partial charge on any atom is 0.153 e. The summed E-state index contributed by atoms with van der Waals surface area (Å²) >= 11 is 0. The summed E-state index contributed by atoms with van der Waals surface area (Å²) in [5, 5.41) is 8.52. The molecule has 1 rings (SSSR count). The van der Waals surface area contributed by atoms with Crippen LogP contribution in [0.5, 0.6) is 5.75 Å². The number of carbonyl (C=O) groups excluding carboxylic acids is 1. The van der Waals surface area contributed by atoms with Crippen LogP contribution in [0.15, 0.2) is 24.3 Å². The molecule has 0 radical (unpaired) electrons. The summed E-state index contributed by atoms with van der Waals surface area (Å²) in [6.07, 6.45) is 1.33. The van der Waals surface area contributed by atoms with Crippen LogP contribution < -0.4 is 4.74 Å². The molecule has 1 aromatic carbocycles. The number of aldehydes is 1. The molecule has 0 fully saturated rings. The fraction of sp³-hybridized carbons (Fsp3) is 0.300. The number of para-hydroxylation sites is 1. The maximum absolute atomic E-state index is 10.5. The summed E-state index contributed by atoms with van der Waals surface area (Å²) in [7, 11) is 0. The summed E-state index contributed by atoms with van der Waals surface area (Å²) in [5.41, 5.74) is 0.542. The summed E-state index contributed by atoms with van der Waals surface area (Å²) in [5.74, 6) is 0.575. The number of aliphatic hydroxyl groups excluding tert-OH is 1. The Morgan fingerprint density at radius 1 is 1.38 bits per heavy atom. The van der Waals surface area contributed by atoms with Crippen molar-refractivity contribution in [3.63, 3.8) is 0 Å². The lowest BCUT2D eigenvalue weighted by Gasteiger charge is -2.06. The molecule has 0 aromatic heterocycles. The average molecular weight is 180 g/mol. The van der Waals surface area contributed by atoms with Crippen LogP contribution in [-0.2, 0) is 0 Å². The van der Waals surface area contributed by atoms with Crippen molar-refractivity contribution < 1.29 is 14.6 Å². The van der Waals surface area contributed by atoms with Crippen molar-refractivity contribution in [2.24, 2.45) is 0 Å². The summed E-state index contributed by atoms with van der Waals surface area (Å²) in [6, 6.07) is 7.02. The third kappa shape index (κ3) is 2.87. The quantitative estimate of drug-likeness (QED) is 0.548. The Bertz CT molecular complexity index is 271. The van der Waals surface area contributed by atoms with E-state index < -0.39 is 0 Å². The van der Waals surface area contributed by atoms with Crippen molar-refractivity contribution in [3.05, 3.63) is 29.8 Å². The first-order chi connectivity index (χ1) is 6.38. The Morgan fingerprint density at radius 3 is 2.85 bits per heavy atom. The number of carbonyl (C=O) groups is 1. The molecule has 1 aromatic rings. The Balaban J connectivity index is 2.59. The van der Waals surface area contributed by atoms with Gasteiger partial charge < -0.3 is 9.84 Å². The van der Waals surface area contributed by atoms with Crippen molar-refractivity contribution in [2.75, 3.05) is 13.2 Å². The van der Waals surface area contributed by atoms with Crippen LogP contribution in [0.4, 0.5) is 0 Å².